The molecule has 5 aromatic rings. The van der Waals surface area contributed by atoms with Gasteiger partial charge >= 0.3 is 0 Å². The average molecular weight is 315 g/mol. The van der Waals surface area contributed by atoms with Crippen molar-refractivity contribution in [2.24, 2.45) is 0 Å². The second-order valence-corrected chi connectivity index (χ2v) is 6.78. The number of benzene rings is 2. The zero-order chi connectivity index (χ0) is 15.4. The fourth-order valence-corrected chi connectivity index (χ4v) is 4.17. The van der Waals surface area contributed by atoms with Crippen molar-refractivity contribution in [2.45, 2.75) is 6.92 Å². The summed E-state index contributed by atoms with van der Waals surface area (Å²) >= 11 is 1.79. The van der Waals surface area contributed by atoms with Gasteiger partial charge in [-0.25, -0.2) is 4.98 Å². The van der Waals surface area contributed by atoms with Gasteiger partial charge in [0.05, 0.1) is 16.3 Å². The number of aromatic amines is 1. The van der Waals surface area contributed by atoms with Crippen LogP contribution >= 0.6 is 11.3 Å². The molecule has 0 fully saturated rings. The Morgan fingerprint density at radius 1 is 0.913 bits per heavy atom. The van der Waals surface area contributed by atoms with Gasteiger partial charge < -0.3 is 0 Å². The Labute approximate surface area is 136 Å². The fourth-order valence-electron chi connectivity index (χ4n) is 3.10. The van der Waals surface area contributed by atoms with Crippen molar-refractivity contribution in [1.29, 1.82) is 0 Å². The molecule has 0 aliphatic rings. The van der Waals surface area contributed by atoms with Crippen molar-refractivity contribution in [3.05, 3.63) is 60.3 Å². The molecule has 5 rings (SSSR count). The maximum Gasteiger partial charge on any atom is 0.119 e. The van der Waals surface area contributed by atoms with Crippen LogP contribution in [0.3, 0.4) is 0 Å². The number of aryl methyl sites for hydroxylation is 1. The first-order valence-electron chi connectivity index (χ1n) is 7.53. The Morgan fingerprint density at radius 3 is 2.57 bits per heavy atom. The summed E-state index contributed by atoms with van der Waals surface area (Å²) in [6.45, 7) is 2.02. The lowest BCUT2D eigenvalue weighted by molar-refractivity contribution is 1.07. The minimum absolute atomic E-state index is 0.947. The number of thiophene rings is 1. The van der Waals surface area contributed by atoms with Gasteiger partial charge in [-0.1, -0.05) is 42.5 Å². The Hall–Kier alpha value is -2.72. The molecule has 0 amide bonds. The molecule has 3 nitrogen and oxygen atoms in total. The molecule has 110 valence electrons. The van der Waals surface area contributed by atoms with Crippen LogP contribution < -0.4 is 0 Å². The second-order valence-electron chi connectivity index (χ2n) is 5.70. The molecule has 1 N–H and O–H groups in total. The van der Waals surface area contributed by atoms with Crippen molar-refractivity contribution in [3.63, 3.8) is 0 Å². The smallest absolute Gasteiger partial charge is 0.119 e. The van der Waals surface area contributed by atoms with E-state index in [0.717, 1.165) is 33.2 Å². The van der Waals surface area contributed by atoms with Gasteiger partial charge in [-0.05, 0) is 24.4 Å². The number of H-pyrrole nitrogens is 1. The average Bonchev–Trinajstić information content (AvgIpc) is 3.18. The Kier molecular flexibility index (Phi) is 2.58. The minimum Gasteiger partial charge on any atom is -0.280 e. The minimum atomic E-state index is 0.947. The molecule has 23 heavy (non-hydrogen) atoms. The molecule has 0 bridgehead atoms. The predicted octanol–water partition coefficient (Wildman–Crippen LogP) is 5.30. The molecule has 0 unspecified atom stereocenters. The maximum absolute atomic E-state index is 4.95. The van der Waals surface area contributed by atoms with E-state index in [9.17, 15) is 0 Å². The van der Waals surface area contributed by atoms with Gasteiger partial charge in [-0.3, -0.25) is 5.10 Å². The molecule has 0 saturated carbocycles. The lowest BCUT2D eigenvalue weighted by Gasteiger charge is -2.05. The van der Waals surface area contributed by atoms with Crippen LogP contribution in [0.25, 0.3) is 42.5 Å². The van der Waals surface area contributed by atoms with E-state index < -0.39 is 0 Å². The lowest BCUT2D eigenvalue weighted by Crippen LogP contribution is -1.87. The summed E-state index contributed by atoms with van der Waals surface area (Å²) in [5, 5.41) is 11.1. The molecule has 0 spiro atoms. The number of nitrogens with zero attached hydrogens (tertiary/aromatic N) is 2. The molecule has 3 aromatic heterocycles. The van der Waals surface area contributed by atoms with E-state index in [1.165, 1.54) is 15.0 Å². The summed E-state index contributed by atoms with van der Waals surface area (Å²) < 4.78 is 1.29. The molecule has 0 saturated heterocycles. The molecular weight excluding hydrogens is 302 g/mol. The van der Waals surface area contributed by atoms with Crippen molar-refractivity contribution in [2.75, 3.05) is 0 Å². The SMILES string of the molecule is Cc1[nH]nc2c1nc(-c1cc3ccccc3s1)c1ccccc12. The molecule has 0 radical (unpaired) electrons. The van der Waals surface area contributed by atoms with E-state index in [4.69, 9.17) is 4.98 Å². The monoisotopic (exact) mass is 315 g/mol. The van der Waals surface area contributed by atoms with Crippen LogP contribution in [0.5, 0.6) is 0 Å². The van der Waals surface area contributed by atoms with Crippen molar-refractivity contribution < 1.29 is 0 Å². The zero-order valence-corrected chi connectivity index (χ0v) is 13.3. The van der Waals surface area contributed by atoms with Crippen LogP contribution in [-0.4, -0.2) is 15.2 Å². The molecule has 2 aromatic carbocycles. The highest BCUT2D eigenvalue weighted by Gasteiger charge is 2.15. The third-order valence-corrected chi connectivity index (χ3v) is 5.36. The molecule has 4 heteroatoms. The van der Waals surface area contributed by atoms with Gasteiger partial charge in [0.2, 0.25) is 0 Å². The first kappa shape index (κ1) is 12.8. The number of fused-ring (bicyclic) bond motifs is 4. The van der Waals surface area contributed by atoms with E-state index in [1.54, 1.807) is 11.3 Å². The van der Waals surface area contributed by atoms with E-state index in [1.807, 2.05) is 6.92 Å². The Bertz CT molecular complexity index is 1150. The van der Waals surface area contributed by atoms with Crippen molar-refractivity contribution in [3.8, 4) is 10.6 Å². The van der Waals surface area contributed by atoms with Gasteiger partial charge in [0.15, 0.2) is 0 Å². The van der Waals surface area contributed by atoms with Crippen LogP contribution in [0.2, 0.25) is 0 Å². The topological polar surface area (TPSA) is 41.6 Å². The number of rotatable bonds is 1. The van der Waals surface area contributed by atoms with Crippen LogP contribution in [0.15, 0.2) is 54.6 Å². The Morgan fingerprint density at radius 2 is 1.70 bits per heavy atom. The summed E-state index contributed by atoms with van der Waals surface area (Å²) in [7, 11) is 0. The van der Waals surface area contributed by atoms with Gasteiger partial charge in [0, 0.05) is 15.5 Å². The number of nitrogens with one attached hydrogen (secondary N) is 1. The third-order valence-electron chi connectivity index (χ3n) is 4.23. The van der Waals surface area contributed by atoms with E-state index in [-0.39, 0.29) is 0 Å². The maximum atomic E-state index is 4.95. The standard InChI is InChI=1S/C19H13N3S/c1-11-17-19(22-21-11)14-8-4-3-7-13(14)18(20-17)16-10-12-6-2-5-9-15(12)23-16/h2-10H,1H3,(H,21,22). The fraction of sp³-hybridized carbons (Fsp3) is 0.0526. The first-order valence-corrected chi connectivity index (χ1v) is 8.35. The van der Waals surface area contributed by atoms with Gasteiger partial charge in [-0.15, -0.1) is 11.3 Å². The molecule has 3 heterocycles. The normalized spacial score (nSPS) is 11.7. The quantitative estimate of drug-likeness (QED) is 0.456. The van der Waals surface area contributed by atoms with Gasteiger partial charge in [-0.2, -0.15) is 5.10 Å². The van der Waals surface area contributed by atoms with Crippen LogP contribution in [0.1, 0.15) is 5.69 Å². The summed E-state index contributed by atoms with van der Waals surface area (Å²) in [5.74, 6) is 0. The van der Waals surface area contributed by atoms with Crippen LogP contribution in [0.4, 0.5) is 0 Å². The van der Waals surface area contributed by atoms with Crippen LogP contribution in [0, 0.1) is 6.92 Å². The molecular formula is C19H13N3S. The first-order chi connectivity index (χ1) is 11.3. The number of hydrogen-bond acceptors (Lipinski definition) is 3. The summed E-state index contributed by atoms with van der Waals surface area (Å²) in [6, 6.07) is 19.1. The van der Waals surface area contributed by atoms with Gasteiger partial charge in [0.25, 0.3) is 0 Å². The molecule has 0 aliphatic carbocycles. The largest absolute Gasteiger partial charge is 0.280 e. The number of aromatic nitrogens is 3. The Balaban J connectivity index is 1.93. The van der Waals surface area contributed by atoms with Crippen molar-refractivity contribution in [1.82, 2.24) is 15.2 Å². The lowest BCUT2D eigenvalue weighted by atomic mass is 10.1. The summed E-state index contributed by atoms with van der Waals surface area (Å²) in [6.07, 6.45) is 0. The van der Waals surface area contributed by atoms with Gasteiger partial charge in [0.1, 0.15) is 11.0 Å². The number of hydrogen-bond donors (Lipinski definition) is 1. The molecule has 0 atom stereocenters. The number of pyridine rings is 1. The van der Waals surface area contributed by atoms with E-state index in [2.05, 4.69) is 64.8 Å². The van der Waals surface area contributed by atoms with E-state index in [0.29, 0.717) is 0 Å². The highest BCUT2D eigenvalue weighted by Crippen LogP contribution is 2.38. The van der Waals surface area contributed by atoms with Crippen LogP contribution in [-0.2, 0) is 0 Å². The summed E-state index contributed by atoms with van der Waals surface area (Å²) in [4.78, 5) is 6.14. The van der Waals surface area contributed by atoms with E-state index >= 15 is 0 Å². The zero-order valence-electron chi connectivity index (χ0n) is 12.5. The highest BCUT2D eigenvalue weighted by molar-refractivity contribution is 7.22. The second kappa shape index (κ2) is 4.64. The van der Waals surface area contributed by atoms with Crippen molar-refractivity contribution >= 4 is 43.2 Å². The predicted molar refractivity (Wildman–Crippen MR) is 97.0 cm³/mol. The third kappa shape index (κ3) is 1.82. The highest BCUT2D eigenvalue weighted by atomic mass is 32.1. The summed E-state index contributed by atoms with van der Waals surface area (Å²) in [5.41, 5.74) is 3.95. The molecule has 0 aliphatic heterocycles.